The molecule has 2 fully saturated rings. The number of ether oxygens (including phenoxy) is 7. The molecule has 10 heteroatoms. The monoisotopic (exact) mass is 561 g/mol. The van der Waals surface area contributed by atoms with E-state index in [-0.39, 0.29) is 24.4 Å². The molecule has 40 heavy (non-hydrogen) atoms. The molecule has 3 unspecified atom stereocenters. The third-order valence-corrected chi connectivity index (χ3v) is 7.29. The summed E-state index contributed by atoms with van der Waals surface area (Å²) < 4.78 is 40.5. The van der Waals surface area contributed by atoms with Crippen molar-refractivity contribution in [1.82, 2.24) is 4.90 Å². The molecule has 3 aliphatic heterocycles. The maximum absolute atomic E-state index is 13.5. The number of carbonyl (C=O) groups is 1. The fourth-order valence-electron chi connectivity index (χ4n) is 4.95. The third kappa shape index (κ3) is 8.05. The van der Waals surface area contributed by atoms with Crippen LogP contribution in [0.3, 0.4) is 0 Å². The maximum atomic E-state index is 13.5. The zero-order valence-corrected chi connectivity index (χ0v) is 24.2. The van der Waals surface area contributed by atoms with Gasteiger partial charge in [0.2, 0.25) is 0 Å². The molecule has 4 rings (SSSR count). The Labute approximate surface area is 236 Å². The molecule has 0 amide bonds. The lowest BCUT2D eigenvalue weighted by Crippen LogP contribution is -2.38. The van der Waals surface area contributed by atoms with Crippen LogP contribution in [0, 0.1) is 5.92 Å². The van der Waals surface area contributed by atoms with E-state index in [1.165, 1.54) is 7.11 Å². The van der Waals surface area contributed by atoms with Gasteiger partial charge >= 0.3 is 5.97 Å². The van der Waals surface area contributed by atoms with Crippen molar-refractivity contribution in [3.63, 3.8) is 0 Å². The Morgan fingerprint density at radius 3 is 2.62 bits per heavy atom. The Morgan fingerprint density at radius 2 is 1.88 bits per heavy atom. The zero-order valence-electron chi connectivity index (χ0n) is 24.2. The molecule has 222 valence electrons. The number of cyclic esters (lactones) is 1. The van der Waals surface area contributed by atoms with Gasteiger partial charge in [0.15, 0.2) is 12.6 Å². The summed E-state index contributed by atoms with van der Waals surface area (Å²) in [6.07, 6.45) is 5.45. The number of hydrogen-bond acceptors (Lipinski definition) is 10. The second-order valence-electron chi connectivity index (χ2n) is 10.9. The number of morpholine rings is 1. The normalized spacial score (nSPS) is 29.2. The number of esters is 1. The van der Waals surface area contributed by atoms with Gasteiger partial charge in [-0.3, -0.25) is 4.90 Å². The number of aliphatic hydroxyl groups is 1. The lowest BCUT2D eigenvalue weighted by atomic mass is 9.99. The molecule has 1 aromatic carbocycles. The largest absolute Gasteiger partial charge is 0.492 e. The Kier molecular flexibility index (Phi) is 10.6. The first-order valence-electron chi connectivity index (χ1n) is 14.0. The van der Waals surface area contributed by atoms with E-state index in [4.69, 9.17) is 33.2 Å². The van der Waals surface area contributed by atoms with Crippen LogP contribution in [0.2, 0.25) is 0 Å². The molecule has 5 atom stereocenters. The highest BCUT2D eigenvalue weighted by Crippen LogP contribution is 2.35. The maximum Gasteiger partial charge on any atom is 0.342 e. The van der Waals surface area contributed by atoms with E-state index in [1.54, 1.807) is 12.1 Å². The van der Waals surface area contributed by atoms with E-state index in [1.807, 2.05) is 52.0 Å². The van der Waals surface area contributed by atoms with Gasteiger partial charge in [0, 0.05) is 38.7 Å². The number of benzene rings is 1. The van der Waals surface area contributed by atoms with E-state index >= 15 is 0 Å². The average Bonchev–Trinajstić information content (AvgIpc) is 3.24. The third-order valence-electron chi connectivity index (χ3n) is 7.29. The van der Waals surface area contributed by atoms with Gasteiger partial charge in [0.05, 0.1) is 19.3 Å². The van der Waals surface area contributed by atoms with Crippen LogP contribution in [0.1, 0.15) is 50.0 Å². The van der Waals surface area contributed by atoms with E-state index in [2.05, 4.69) is 4.90 Å². The number of fused-ring (bicyclic) bond motifs is 2. The molecule has 10 nitrogen and oxygen atoms in total. The lowest BCUT2D eigenvalue weighted by molar-refractivity contribution is -0.152. The van der Waals surface area contributed by atoms with Crippen LogP contribution in [-0.4, -0.2) is 99.5 Å². The van der Waals surface area contributed by atoms with Gasteiger partial charge in [-0.25, -0.2) is 4.79 Å². The highest BCUT2D eigenvalue weighted by atomic mass is 16.8. The molecular weight excluding hydrogens is 518 g/mol. The first-order chi connectivity index (χ1) is 19.2. The van der Waals surface area contributed by atoms with Crippen molar-refractivity contribution in [2.45, 2.75) is 64.3 Å². The van der Waals surface area contributed by atoms with Gasteiger partial charge in [-0.15, -0.1) is 0 Å². The first-order valence-corrected chi connectivity index (χ1v) is 14.0. The summed E-state index contributed by atoms with van der Waals surface area (Å²) in [6, 6.07) is 3.51. The number of hydrogen-bond donors (Lipinski definition) is 1. The Hall–Kier alpha value is -2.47. The van der Waals surface area contributed by atoms with Crippen LogP contribution in [0.5, 0.6) is 11.5 Å². The molecule has 0 spiro atoms. The van der Waals surface area contributed by atoms with Gasteiger partial charge in [-0.1, -0.05) is 31.2 Å². The molecule has 0 aliphatic carbocycles. The minimum atomic E-state index is -0.874. The number of carbonyl (C=O) groups excluding carboxylic acids is 1. The molecule has 0 saturated carbocycles. The molecule has 1 aromatic rings. The second-order valence-corrected chi connectivity index (χ2v) is 10.9. The lowest BCUT2D eigenvalue weighted by Gasteiger charge is -2.26. The van der Waals surface area contributed by atoms with Crippen LogP contribution < -0.4 is 9.47 Å². The topological polar surface area (TPSA) is 105 Å². The standard InChI is InChI=1S/C30H43NO9/c1-20-9-10-24(32)28-25(39-30(3,4)40-28)8-6-7-22-17-23(36-16-13-31-11-14-35-15-12-31)18-26(37-19-34-5)27(22)29(33)38-21(20)2/h6-7,9-10,17-18,20-21,24-25,28,32H,8,11-16,19H2,1-5H3/t20-,21+,24?,25?,28?/m1/s1. The summed E-state index contributed by atoms with van der Waals surface area (Å²) in [5.41, 5.74) is 0.872. The van der Waals surface area contributed by atoms with Crippen LogP contribution in [0.4, 0.5) is 0 Å². The second kappa shape index (κ2) is 13.9. The Bertz CT molecular complexity index is 1050. The van der Waals surface area contributed by atoms with Crippen LogP contribution in [-0.2, 0) is 23.7 Å². The van der Waals surface area contributed by atoms with Crippen molar-refractivity contribution in [3.05, 3.63) is 41.5 Å². The van der Waals surface area contributed by atoms with Gasteiger partial charge in [0.25, 0.3) is 0 Å². The van der Waals surface area contributed by atoms with Crippen molar-refractivity contribution < 1.29 is 43.1 Å². The molecule has 0 bridgehead atoms. The van der Waals surface area contributed by atoms with E-state index < -0.39 is 30.1 Å². The predicted octanol–water partition coefficient (Wildman–Crippen LogP) is 3.42. The van der Waals surface area contributed by atoms with Gasteiger partial charge in [-0.2, -0.15) is 0 Å². The van der Waals surface area contributed by atoms with Gasteiger partial charge < -0.3 is 38.3 Å². The van der Waals surface area contributed by atoms with Crippen molar-refractivity contribution in [3.8, 4) is 11.5 Å². The molecule has 2 saturated heterocycles. The summed E-state index contributed by atoms with van der Waals surface area (Å²) in [5, 5.41) is 10.9. The predicted molar refractivity (Wildman–Crippen MR) is 148 cm³/mol. The van der Waals surface area contributed by atoms with E-state index in [9.17, 15) is 9.90 Å². The molecular formula is C30H43NO9. The van der Waals surface area contributed by atoms with Gasteiger partial charge in [0.1, 0.15) is 42.0 Å². The van der Waals surface area contributed by atoms with Crippen molar-refractivity contribution in [1.29, 1.82) is 0 Å². The number of nitrogens with zero attached hydrogens (tertiary/aromatic N) is 1. The number of aliphatic hydroxyl groups excluding tert-OH is 1. The fraction of sp³-hybridized carbons (Fsp3) is 0.633. The zero-order chi connectivity index (χ0) is 28.7. The van der Waals surface area contributed by atoms with Crippen LogP contribution >= 0.6 is 0 Å². The number of rotatable bonds is 7. The Balaban J connectivity index is 1.66. The number of methoxy groups -OCH3 is 1. The van der Waals surface area contributed by atoms with Crippen LogP contribution in [0.15, 0.2) is 30.4 Å². The van der Waals surface area contributed by atoms with Crippen molar-refractivity contribution >= 4 is 12.0 Å². The van der Waals surface area contributed by atoms with Crippen LogP contribution in [0.25, 0.3) is 6.08 Å². The molecule has 0 radical (unpaired) electrons. The average molecular weight is 562 g/mol. The summed E-state index contributed by atoms with van der Waals surface area (Å²) in [5.74, 6) is -0.635. The summed E-state index contributed by atoms with van der Waals surface area (Å²) in [6.45, 7) is 11.8. The molecule has 0 aromatic heterocycles. The highest BCUT2D eigenvalue weighted by Gasteiger charge is 2.43. The highest BCUT2D eigenvalue weighted by molar-refractivity contribution is 5.97. The minimum Gasteiger partial charge on any atom is -0.492 e. The molecule has 3 heterocycles. The van der Waals surface area contributed by atoms with Crippen molar-refractivity contribution in [2.24, 2.45) is 5.92 Å². The van der Waals surface area contributed by atoms with E-state index in [0.717, 1.165) is 32.8 Å². The van der Waals surface area contributed by atoms with Crippen molar-refractivity contribution in [2.75, 3.05) is 53.4 Å². The summed E-state index contributed by atoms with van der Waals surface area (Å²) >= 11 is 0. The SMILES string of the molecule is COCOc1cc(OCCN2CCOCC2)cc2c1C(=O)O[C@@H](C)[C@H](C)C=CC(O)C1OC(C)(C)OC1CC=C2. The smallest absolute Gasteiger partial charge is 0.342 e. The first kappa shape index (κ1) is 30.5. The molecule has 1 N–H and O–H groups in total. The molecule has 3 aliphatic rings. The minimum absolute atomic E-state index is 0.0444. The van der Waals surface area contributed by atoms with Gasteiger partial charge in [-0.05, 0) is 38.8 Å². The Morgan fingerprint density at radius 1 is 1.10 bits per heavy atom. The summed E-state index contributed by atoms with van der Waals surface area (Å²) in [4.78, 5) is 15.8. The summed E-state index contributed by atoms with van der Waals surface area (Å²) in [7, 11) is 1.52. The van der Waals surface area contributed by atoms with E-state index in [0.29, 0.717) is 30.1 Å². The fourth-order valence-corrected chi connectivity index (χ4v) is 4.95. The quantitative estimate of drug-likeness (QED) is 0.303.